The van der Waals surface area contributed by atoms with E-state index in [-0.39, 0.29) is 12.1 Å². The van der Waals surface area contributed by atoms with E-state index in [2.05, 4.69) is 10.3 Å². The molecule has 1 amide bonds. The largest absolute Gasteiger partial charge is 0.365 e. The van der Waals surface area contributed by atoms with Gasteiger partial charge in [-0.05, 0) is 12.1 Å². The van der Waals surface area contributed by atoms with Crippen LogP contribution in [0, 0.1) is 11.6 Å². The fourth-order valence-electron chi connectivity index (χ4n) is 2.34. The van der Waals surface area contributed by atoms with Gasteiger partial charge in [0.15, 0.2) is 11.2 Å². The summed E-state index contributed by atoms with van der Waals surface area (Å²) < 4.78 is 32.6. The lowest BCUT2D eigenvalue weighted by molar-refractivity contribution is -0.133. The number of thiazole rings is 1. The molecular formula is C15H15F2N3O2S. The van der Waals surface area contributed by atoms with Gasteiger partial charge in [-0.1, -0.05) is 6.07 Å². The van der Waals surface area contributed by atoms with Gasteiger partial charge in [0.1, 0.15) is 11.6 Å². The number of carbonyl (C=O) groups excluding carboxylic acids is 1. The molecule has 1 fully saturated rings. The molecule has 1 saturated heterocycles. The van der Waals surface area contributed by atoms with Crippen LogP contribution in [0.15, 0.2) is 29.8 Å². The van der Waals surface area contributed by atoms with Gasteiger partial charge in [0.25, 0.3) is 5.91 Å². The molecule has 1 atom stereocenters. The van der Waals surface area contributed by atoms with Crippen molar-refractivity contribution in [3.63, 3.8) is 0 Å². The predicted molar refractivity (Wildman–Crippen MR) is 82.3 cm³/mol. The normalized spacial score (nSPS) is 18.0. The van der Waals surface area contributed by atoms with Crippen molar-refractivity contribution < 1.29 is 18.3 Å². The Hall–Kier alpha value is -2.06. The van der Waals surface area contributed by atoms with E-state index >= 15 is 0 Å². The zero-order valence-electron chi connectivity index (χ0n) is 12.2. The Bertz CT molecular complexity index is 661. The highest BCUT2D eigenvalue weighted by Crippen LogP contribution is 2.20. The van der Waals surface area contributed by atoms with Crippen LogP contribution in [0.2, 0.25) is 0 Å². The predicted octanol–water partition coefficient (Wildman–Crippen LogP) is 1.94. The van der Waals surface area contributed by atoms with Crippen molar-refractivity contribution in [3.8, 4) is 0 Å². The summed E-state index contributed by atoms with van der Waals surface area (Å²) in [6.45, 7) is 1.19. The fraction of sp³-hybridized carbons (Fsp3) is 0.333. The number of hydrogen-bond donors (Lipinski definition) is 1. The highest BCUT2D eigenvalue weighted by molar-refractivity contribution is 7.13. The first-order chi connectivity index (χ1) is 11.1. The molecule has 8 heteroatoms. The molecule has 1 aromatic heterocycles. The lowest BCUT2D eigenvalue weighted by atomic mass is 10.2. The maximum atomic E-state index is 13.6. The highest BCUT2D eigenvalue weighted by Gasteiger charge is 2.28. The van der Waals surface area contributed by atoms with Crippen molar-refractivity contribution >= 4 is 22.4 Å². The second-order valence-corrected chi connectivity index (χ2v) is 5.91. The molecule has 0 spiro atoms. The van der Waals surface area contributed by atoms with E-state index in [1.54, 1.807) is 6.20 Å². The minimum Gasteiger partial charge on any atom is -0.365 e. The lowest BCUT2D eigenvalue weighted by Crippen LogP contribution is -2.49. The monoisotopic (exact) mass is 339 g/mol. The highest BCUT2D eigenvalue weighted by atomic mass is 32.1. The third-order valence-electron chi connectivity index (χ3n) is 3.55. The van der Waals surface area contributed by atoms with Crippen molar-refractivity contribution in [1.29, 1.82) is 0 Å². The lowest BCUT2D eigenvalue weighted by Gasteiger charge is -2.31. The molecule has 1 N–H and O–H groups in total. The van der Waals surface area contributed by atoms with Crippen molar-refractivity contribution in [1.82, 2.24) is 10.3 Å². The molecule has 5 nitrogen and oxygen atoms in total. The van der Waals surface area contributed by atoms with E-state index in [0.717, 1.165) is 17.3 Å². The van der Waals surface area contributed by atoms with Crippen LogP contribution < -0.4 is 10.2 Å². The molecule has 2 heterocycles. The van der Waals surface area contributed by atoms with Gasteiger partial charge >= 0.3 is 0 Å². The molecule has 1 aliphatic heterocycles. The Balaban J connectivity index is 1.60. The average Bonchev–Trinajstić information content (AvgIpc) is 3.09. The molecule has 0 saturated carbocycles. The van der Waals surface area contributed by atoms with Crippen molar-refractivity contribution in [3.05, 3.63) is 47.0 Å². The summed E-state index contributed by atoms with van der Waals surface area (Å²) in [7, 11) is 0. The summed E-state index contributed by atoms with van der Waals surface area (Å²) in [6, 6.07) is 3.60. The molecule has 3 rings (SSSR count). The van der Waals surface area contributed by atoms with E-state index in [0.29, 0.717) is 19.7 Å². The number of nitrogens with zero attached hydrogens (tertiary/aromatic N) is 2. The number of amides is 1. The van der Waals surface area contributed by atoms with Crippen LogP contribution >= 0.6 is 11.3 Å². The molecule has 23 heavy (non-hydrogen) atoms. The van der Waals surface area contributed by atoms with Crippen LogP contribution in [0.1, 0.15) is 5.56 Å². The fourth-order valence-corrected chi connectivity index (χ4v) is 3.02. The maximum Gasteiger partial charge on any atom is 0.251 e. The number of morpholine rings is 1. The SMILES string of the molecule is O=C(NCc1c(F)cccc1F)C1CN(c2nccs2)CCO1. The van der Waals surface area contributed by atoms with Gasteiger partial charge in [0.2, 0.25) is 0 Å². The Labute approximate surface area is 135 Å². The second kappa shape index (κ2) is 7.01. The minimum atomic E-state index is -0.692. The first-order valence-electron chi connectivity index (χ1n) is 7.12. The van der Waals surface area contributed by atoms with Crippen molar-refractivity contribution in [2.75, 3.05) is 24.6 Å². The molecule has 0 bridgehead atoms. The van der Waals surface area contributed by atoms with Crippen LogP contribution in [0.4, 0.5) is 13.9 Å². The number of anilines is 1. The van der Waals surface area contributed by atoms with Crippen LogP contribution in [0.25, 0.3) is 0 Å². The molecular weight excluding hydrogens is 324 g/mol. The first-order valence-corrected chi connectivity index (χ1v) is 8.00. The Morgan fingerprint density at radius 1 is 1.43 bits per heavy atom. The topological polar surface area (TPSA) is 54.5 Å². The maximum absolute atomic E-state index is 13.6. The number of nitrogens with one attached hydrogen (secondary N) is 1. The molecule has 1 aliphatic rings. The summed E-state index contributed by atoms with van der Waals surface area (Å²) >= 11 is 1.49. The standard InChI is InChI=1S/C15H15F2N3O2S/c16-11-2-1-3-12(17)10(11)8-19-14(21)13-9-20(5-6-22-13)15-18-4-7-23-15/h1-4,7,13H,5-6,8-9H2,(H,19,21). The van der Waals surface area contributed by atoms with Crippen molar-refractivity contribution in [2.45, 2.75) is 12.6 Å². The molecule has 0 aliphatic carbocycles. The number of carbonyl (C=O) groups is 1. The van der Waals surface area contributed by atoms with Crippen LogP contribution in [-0.4, -0.2) is 36.7 Å². The molecule has 122 valence electrons. The van der Waals surface area contributed by atoms with Gasteiger partial charge in [-0.3, -0.25) is 4.79 Å². The van der Waals surface area contributed by atoms with E-state index in [4.69, 9.17) is 4.74 Å². The van der Waals surface area contributed by atoms with E-state index < -0.39 is 23.6 Å². The number of ether oxygens (including phenoxy) is 1. The number of hydrogen-bond acceptors (Lipinski definition) is 5. The minimum absolute atomic E-state index is 0.159. The smallest absolute Gasteiger partial charge is 0.251 e. The summed E-state index contributed by atoms with van der Waals surface area (Å²) in [5, 5.41) is 5.22. The Morgan fingerprint density at radius 3 is 2.91 bits per heavy atom. The second-order valence-electron chi connectivity index (χ2n) is 5.04. The summed E-state index contributed by atoms with van der Waals surface area (Å²) in [6.07, 6.45) is 1.01. The molecule has 1 unspecified atom stereocenters. The van der Waals surface area contributed by atoms with Gasteiger partial charge in [0, 0.05) is 30.2 Å². The Morgan fingerprint density at radius 2 is 2.22 bits per heavy atom. The van der Waals surface area contributed by atoms with Gasteiger partial charge in [-0.15, -0.1) is 11.3 Å². The summed E-state index contributed by atoms with van der Waals surface area (Å²) in [4.78, 5) is 18.4. The zero-order chi connectivity index (χ0) is 16.2. The van der Waals surface area contributed by atoms with Gasteiger partial charge in [-0.25, -0.2) is 13.8 Å². The summed E-state index contributed by atoms with van der Waals surface area (Å²) in [5.74, 6) is -1.76. The quantitative estimate of drug-likeness (QED) is 0.925. The van der Waals surface area contributed by atoms with E-state index in [9.17, 15) is 13.6 Å². The first kappa shape index (κ1) is 15.8. The average molecular weight is 339 g/mol. The van der Waals surface area contributed by atoms with Crippen LogP contribution in [0.5, 0.6) is 0 Å². The van der Waals surface area contributed by atoms with Gasteiger partial charge in [0.05, 0.1) is 13.2 Å². The third kappa shape index (κ3) is 3.65. The van der Waals surface area contributed by atoms with Crippen LogP contribution in [0.3, 0.4) is 0 Å². The number of aromatic nitrogens is 1. The van der Waals surface area contributed by atoms with Crippen molar-refractivity contribution in [2.24, 2.45) is 0 Å². The van der Waals surface area contributed by atoms with Crippen LogP contribution in [-0.2, 0) is 16.1 Å². The van der Waals surface area contributed by atoms with E-state index in [1.807, 2.05) is 10.3 Å². The van der Waals surface area contributed by atoms with Gasteiger partial charge < -0.3 is 15.0 Å². The van der Waals surface area contributed by atoms with E-state index in [1.165, 1.54) is 17.4 Å². The number of benzene rings is 1. The molecule has 1 aromatic carbocycles. The number of rotatable bonds is 4. The molecule has 2 aromatic rings. The summed E-state index contributed by atoms with van der Waals surface area (Å²) in [5.41, 5.74) is -0.159. The Kier molecular flexibility index (Phi) is 4.82. The zero-order valence-corrected chi connectivity index (χ0v) is 13.0. The number of halogens is 2. The third-order valence-corrected chi connectivity index (χ3v) is 4.38. The molecule has 0 radical (unpaired) electrons. The van der Waals surface area contributed by atoms with Gasteiger partial charge in [-0.2, -0.15) is 0 Å².